The molecule has 13 heavy (non-hydrogen) atoms. The SMILES string of the molecule is CC(=O)c1sc2ncccc2c1O. The Morgan fingerprint density at radius 2 is 2.38 bits per heavy atom. The molecule has 1 N–H and O–H groups in total. The average molecular weight is 193 g/mol. The highest BCUT2D eigenvalue weighted by Gasteiger charge is 2.14. The number of aromatic nitrogens is 1. The third-order valence-electron chi connectivity index (χ3n) is 1.76. The Bertz CT molecular complexity index is 475. The number of carbonyl (C=O) groups excluding carboxylic acids is 1. The fourth-order valence-electron chi connectivity index (χ4n) is 1.16. The van der Waals surface area contributed by atoms with E-state index in [1.165, 1.54) is 18.3 Å². The largest absolute Gasteiger partial charge is 0.506 e. The Morgan fingerprint density at radius 3 is 3.00 bits per heavy atom. The third kappa shape index (κ3) is 1.19. The molecule has 0 amide bonds. The summed E-state index contributed by atoms with van der Waals surface area (Å²) in [6, 6.07) is 3.49. The van der Waals surface area contributed by atoms with Crippen molar-refractivity contribution in [3.8, 4) is 5.75 Å². The summed E-state index contributed by atoms with van der Waals surface area (Å²) in [6.45, 7) is 1.43. The molecular formula is C9H7NO2S. The van der Waals surface area contributed by atoms with Crippen molar-refractivity contribution in [3.63, 3.8) is 0 Å². The van der Waals surface area contributed by atoms with Crippen LogP contribution in [0.4, 0.5) is 0 Å². The molecule has 0 spiro atoms. The molecule has 0 atom stereocenters. The minimum atomic E-state index is -0.125. The van der Waals surface area contributed by atoms with Gasteiger partial charge in [-0.25, -0.2) is 4.98 Å². The first-order chi connectivity index (χ1) is 6.20. The van der Waals surface area contributed by atoms with Gasteiger partial charge in [-0.05, 0) is 12.1 Å². The highest BCUT2D eigenvalue weighted by Crippen LogP contribution is 2.35. The minimum Gasteiger partial charge on any atom is -0.506 e. The molecule has 66 valence electrons. The normalized spacial score (nSPS) is 10.5. The molecule has 0 aliphatic carbocycles. The number of nitrogens with zero attached hydrogens (tertiary/aromatic N) is 1. The molecule has 0 saturated carbocycles. The van der Waals surface area contributed by atoms with Crippen molar-refractivity contribution in [1.29, 1.82) is 0 Å². The van der Waals surface area contributed by atoms with Gasteiger partial charge in [0.05, 0.1) is 5.39 Å². The number of carbonyl (C=O) groups is 1. The lowest BCUT2D eigenvalue weighted by atomic mass is 10.2. The summed E-state index contributed by atoms with van der Waals surface area (Å²) in [7, 11) is 0. The minimum absolute atomic E-state index is 0.0561. The Kier molecular flexibility index (Phi) is 1.77. The molecular weight excluding hydrogens is 186 g/mol. The van der Waals surface area contributed by atoms with Crippen molar-refractivity contribution in [2.75, 3.05) is 0 Å². The molecule has 4 heteroatoms. The van der Waals surface area contributed by atoms with E-state index in [-0.39, 0.29) is 11.5 Å². The molecule has 0 aliphatic rings. The van der Waals surface area contributed by atoms with E-state index in [1.807, 2.05) is 0 Å². The van der Waals surface area contributed by atoms with Crippen molar-refractivity contribution >= 4 is 27.3 Å². The monoisotopic (exact) mass is 193 g/mol. The van der Waals surface area contributed by atoms with Gasteiger partial charge in [-0.1, -0.05) is 0 Å². The Morgan fingerprint density at radius 1 is 1.62 bits per heavy atom. The lowest BCUT2D eigenvalue weighted by Crippen LogP contribution is -1.85. The van der Waals surface area contributed by atoms with E-state index >= 15 is 0 Å². The average Bonchev–Trinajstić information content (AvgIpc) is 2.45. The van der Waals surface area contributed by atoms with Gasteiger partial charge in [0.15, 0.2) is 5.78 Å². The standard InChI is InChI=1S/C9H7NO2S/c1-5(11)8-7(12)6-3-2-4-10-9(6)13-8/h2-4,12H,1H3. The molecule has 0 aromatic carbocycles. The van der Waals surface area contributed by atoms with Gasteiger partial charge >= 0.3 is 0 Å². The van der Waals surface area contributed by atoms with E-state index in [0.29, 0.717) is 15.1 Å². The first-order valence-corrected chi connectivity index (χ1v) is 4.59. The van der Waals surface area contributed by atoms with E-state index in [1.54, 1.807) is 18.3 Å². The maximum absolute atomic E-state index is 11.1. The van der Waals surface area contributed by atoms with E-state index in [9.17, 15) is 9.90 Å². The number of thiophene rings is 1. The van der Waals surface area contributed by atoms with Crippen molar-refractivity contribution in [2.45, 2.75) is 6.92 Å². The number of hydrogen-bond donors (Lipinski definition) is 1. The van der Waals surface area contributed by atoms with Crippen LogP contribution in [0.5, 0.6) is 5.75 Å². The van der Waals surface area contributed by atoms with E-state index < -0.39 is 0 Å². The van der Waals surface area contributed by atoms with E-state index in [2.05, 4.69) is 4.98 Å². The number of ketones is 1. The summed E-state index contributed by atoms with van der Waals surface area (Å²) in [5.41, 5.74) is 0. The van der Waals surface area contributed by atoms with Crippen LogP contribution in [0, 0.1) is 0 Å². The summed E-state index contributed by atoms with van der Waals surface area (Å²) in [5, 5.41) is 10.3. The quantitative estimate of drug-likeness (QED) is 0.706. The maximum atomic E-state index is 11.1. The van der Waals surface area contributed by atoms with E-state index in [4.69, 9.17) is 0 Å². The summed E-state index contributed by atoms with van der Waals surface area (Å²) in [4.78, 5) is 16.2. The van der Waals surface area contributed by atoms with Crippen LogP contribution >= 0.6 is 11.3 Å². The van der Waals surface area contributed by atoms with Crippen LogP contribution in [-0.4, -0.2) is 15.9 Å². The first-order valence-electron chi connectivity index (χ1n) is 3.77. The van der Waals surface area contributed by atoms with Gasteiger partial charge in [0.2, 0.25) is 0 Å². The Labute approximate surface area is 78.7 Å². The molecule has 2 aromatic rings. The van der Waals surface area contributed by atoms with Gasteiger partial charge in [-0.15, -0.1) is 11.3 Å². The maximum Gasteiger partial charge on any atom is 0.173 e. The summed E-state index contributed by atoms with van der Waals surface area (Å²) in [6.07, 6.45) is 1.64. The van der Waals surface area contributed by atoms with Crippen LogP contribution in [0.3, 0.4) is 0 Å². The van der Waals surface area contributed by atoms with Crippen LogP contribution in [-0.2, 0) is 0 Å². The van der Waals surface area contributed by atoms with Gasteiger partial charge in [0, 0.05) is 13.1 Å². The van der Waals surface area contributed by atoms with E-state index in [0.717, 1.165) is 0 Å². The van der Waals surface area contributed by atoms with Crippen molar-refractivity contribution < 1.29 is 9.90 Å². The predicted molar refractivity (Wildman–Crippen MR) is 51.3 cm³/mol. The van der Waals surface area contributed by atoms with Gasteiger partial charge in [0.25, 0.3) is 0 Å². The molecule has 0 aliphatic heterocycles. The molecule has 0 radical (unpaired) electrons. The number of pyridine rings is 1. The molecule has 0 unspecified atom stereocenters. The summed E-state index contributed by atoms with van der Waals surface area (Å²) >= 11 is 1.22. The zero-order valence-electron chi connectivity index (χ0n) is 6.94. The van der Waals surface area contributed by atoms with Gasteiger partial charge in [0.1, 0.15) is 15.5 Å². The number of fused-ring (bicyclic) bond motifs is 1. The smallest absolute Gasteiger partial charge is 0.173 e. The predicted octanol–water partition coefficient (Wildman–Crippen LogP) is 2.20. The topological polar surface area (TPSA) is 50.2 Å². The van der Waals surface area contributed by atoms with Crippen LogP contribution in [0.2, 0.25) is 0 Å². The van der Waals surface area contributed by atoms with Crippen molar-refractivity contribution in [2.24, 2.45) is 0 Å². The number of hydrogen-bond acceptors (Lipinski definition) is 4. The zero-order chi connectivity index (χ0) is 9.42. The molecule has 3 nitrogen and oxygen atoms in total. The number of rotatable bonds is 1. The second-order valence-corrected chi connectivity index (χ2v) is 3.69. The van der Waals surface area contributed by atoms with Crippen molar-refractivity contribution in [3.05, 3.63) is 23.2 Å². The van der Waals surface area contributed by atoms with Crippen LogP contribution in [0.1, 0.15) is 16.6 Å². The molecule has 0 bridgehead atoms. The first kappa shape index (κ1) is 8.19. The van der Waals surface area contributed by atoms with Crippen LogP contribution < -0.4 is 0 Å². The van der Waals surface area contributed by atoms with Gasteiger partial charge in [-0.2, -0.15) is 0 Å². The molecule has 0 saturated heterocycles. The highest BCUT2D eigenvalue weighted by atomic mass is 32.1. The number of Topliss-reactive ketones (excluding diaryl/α,β-unsaturated/α-hetero) is 1. The fraction of sp³-hybridized carbons (Fsp3) is 0.111. The van der Waals surface area contributed by atoms with Gasteiger partial charge < -0.3 is 5.11 Å². The second kappa shape index (κ2) is 2.81. The van der Waals surface area contributed by atoms with Crippen molar-refractivity contribution in [1.82, 2.24) is 4.98 Å². The highest BCUT2D eigenvalue weighted by molar-refractivity contribution is 7.20. The fourth-order valence-corrected chi connectivity index (χ4v) is 2.09. The number of aromatic hydroxyl groups is 1. The lowest BCUT2D eigenvalue weighted by Gasteiger charge is -1.89. The lowest BCUT2D eigenvalue weighted by molar-refractivity contribution is 0.101. The summed E-state index contributed by atoms with van der Waals surface area (Å²) in [5.74, 6) is -0.0684. The Hall–Kier alpha value is -1.42. The molecule has 0 fully saturated rings. The second-order valence-electron chi connectivity index (χ2n) is 2.69. The van der Waals surface area contributed by atoms with Crippen LogP contribution in [0.15, 0.2) is 18.3 Å². The molecule has 2 heterocycles. The van der Waals surface area contributed by atoms with Crippen LogP contribution in [0.25, 0.3) is 10.2 Å². The molecule has 2 aromatic heterocycles. The third-order valence-corrected chi connectivity index (χ3v) is 2.96. The summed E-state index contributed by atoms with van der Waals surface area (Å²) < 4.78 is 0. The molecule has 2 rings (SSSR count). The van der Waals surface area contributed by atoms with Gasteiger partial charge in [-0.3, -0.25) is 4.79 Å². The zero-order valence-corrected chi connectivity index (χ0v) is 7.76. The Balaban J connectivity index is 2.81.